The number of rotatable bonds is 7. The number of hydrogen-bond acceptors (Lipinski definition) is 16. The van der Waals surface area contributed by atoms with Crippen LogP contribution < -0.4 is 0 Å². The summed E-state index contributed by atoms with van der Waals surface area (Å²) in [6.45, 7) is -2.61. The summed E-state index contributed by atoms with van der Waals surface area (Å²) in [6, 6.07) is 0. The third-order valence-electron chi connectivity index (χ3n) is 6.43. The molecule has 3 rings (SSSR count). The summed E-state index contributed by atoms with van der Waals surface area (Å²) in [5.74, 6) is -2.87. The van der Waals surface area contributed by atoms with Crippen molar-refractivity contribution in [1.29, 1.82) is 0 Å². The second-order valence-corrected chi connectivity index (χ2v) is 8.55. The van der Waals surface area contributed by atoms with Gasteiger partial charge in [-0.15, -0.1) is 0 Å². The van der Waals surface area contributed by atoms with Crippen molar-refractivity contribution in [2.24, 2.45) is 0 Å². The van der Waals surface area contributed by atoms with Gasteiger partial charge in [-0.1, -0.05) is 0 Å². The molecule has 0 aromatic rings. The summed E-state index contributed by atoms with van der Waals surface area (Å²) in [6.07, 6.45) is -26.5. The van der Waals surface area contributed by atoms with Crippen molar-refractivity contribution in [2.75, 3.05) is 19.8 Å². The van der Waals surface area contributed by atoms with E-state index < -0.39 is 111 Å². The van der Waals surface area contributed by atoms with E-state index in [0.29, 0.717) is 0 Å². The highest BCUT2D eigenvalue weighted by Gasteiger charge is 2.65. The molecule has 0 amide bonds. The molecule has 16 nitrogen and oxygen atoms in total. The van der Waals surface area contributed by atoms with Crippen LogP contribution in [0.3, 0.4) is 0 Å². The number of ether oxygens (including phenoxy) is 4. The highest BCUT2D eigenvalue weighted by atomic mass is 16.8. The average molecular weight is 504 g/mol. The Hall–Kier alpha value is -0.640. The molecule has 15 atom stereocenters. The van der Waals surface area contributed by atoms with Gasteiger partial charge in [0.05, 0.1) is 19.8 Å². The monoisotopic (exact) mass is 504 g/mol. The van der Waals surface area contributed by atoms with Crippen molar-refractivity contribution in [2.45, 2.75) is 91.4 Å². The van der Waals surface area contributed by atoms with Crippen LogP contribution >= 0.6 is 0 Å². The van der Waals surface area contributed by atoms with E-state index in [1.165, 1.54) is 0 Å². The fourth-order valence-corrected chi connectivity index (χ4v) is 4.34. The number of aliphatic hydroxyl groups is 12. The van der Waals surface area contributed by atoms with E-state index in [2.05, 4.69) is 0 Å². The summed E-state index contributed by atoms with van der Waals surface area (Å²) >= 11 is 0. The molecule has 3 fully saturated rings. The lowest BCUT2D eigenvalue weighted by Gasteiger charge is -2.48. The maximum absolute atomic E-state index is 11.1. The molecule has 3 unspecified atom stereocenters. The second-order valence-electron chi connectivity index (χ2n) is 8.55. The molecule has 0 bridgehead atoms. The Balaban J connectivity index is 1.97. The van der Waals surface area contributed by atoms with Crippen LogP contribution in [-0.2, 0) is 18.9 Å². The van der Waals surface area contributed by atoms with Crippen molar-refractivity contribution in [3.05, 3.63) is 0 Å². The number of hydrogen-bond donors (Lipinski definition) is 12. The molecular formula is C18H32O16. The second kappa shape index (κ2) is 10.8. The Labute approximate surface area is 192 Å². The van der Waals surface area contributed by atoms with E-state index in [1.54, 1.807) is 0 Å². The molecule has 3 aliphatic rings. The lowest BCUT2D eigenvalue weighted by molar-refractivity contribution is -0.408. The van der Waals surface area contributed by atoms with Gasteiger partial charge in [0.25, 0.3) is 0 Å². The molecule has 200 valence electrons. The summed E-state index contributed by atoms with van der Waals surface area (Å²) in [4.78, 5) is 0. The molecule has 0 radical (unpaired) electrons. The quantitative estimate of drug-likeness (QED) is 0.153. The van der Waals surface area contributed by atoms with Gasteiger partial charge in [0.2, 0.25) is 5.79 Å². The molecule has 0 aromatic heterocycles. The van der Waals surface area contributed by atoms with E-state index >= 15 is 0 Å². The SMILES string of the molecule is OC[C@H]1OC(OC2O[C@H](CO)[C@@H](O)[C@H](O)[C@H]2O)(C(O)[C@H]2O[C@H](CO)[C@@H](O)[C@H](O)[C@H]2O)[C@@H](O)[C@@H]1O. The minimum absolute atomic E-state index is 0.849. The minimum Gasteiger partial charge on any atom is -0.394 e. The molecule has 3 saturated heterocycles. The molecule has 0 aromatic carbocycles. The smallest absolute Gasteiger partial charge is 0.229 e. The van der Waals surface area contributed by atoms with Gasteiger partial charge in [-0.05, 0) is 0 Å². The van der Waals surface area contributed by atoms with Crippen LogP contribution in [-0.4, -0.2) is 173 Å². The Bertz CT molecular complexity index is 666. The van der Waals surface area contributed by atoms with E-state index in [4.69, 9.17) is 18.9 Å². The first-order chi connectivity index (χ1) is 15.9. The van der Waals surface area contributed by atoms with E-state index in [-0.39, 0.29) is 0 Å². The van der Waals surface area contributed by atoms with Crippen LogP contribution in [0.25, 0.3) is 0 Å². The molecule has 0 aliphatic carbocycles. The first kappa shape index (κ1) is 27.9. The van der Waals surface area contributed by atoms with Crippen molar-refractivity contribution >= 4 is 0 Å². The molecular weight excluding hydrogens is 472 g/mol. The van der Waals surface area contributed by atoms with E-state index in [0.717, 1.165) is 0 Å². The molecule has 34 heavy (non-hydrogen) atoms. The van der Waals surface area contributed by atoms with Crippen LogP contribution in [0.5, 0.6) is 0 Å². The molecule has 12 N–H and O–H groups in total. The Morgan fingerprint density at radius 2 is 1.12 bits per heavy atom. The average Bonchev–Trinajstić information content (AvgIpc) is 3.08. The summed E-state index contributed by atoms with van der Waals surface area (Å²) in [5, 5.41) is 121. The summed E-state index contributed by atoms with van der Waals surface area (Å²) in [7, 11) is 0. The minimum atomic E-state index is -2.87. The molecule has 3 heterocycles. The largest absolute Gasteiger partial charge is 0.394 e. The van der Waals surface area contributed by atoms with Gasteiger partial charge in [-0.2, -0.15) is 0 Å². The normalized spacial score (nSPS) is 53.1. The van der Waals surface area contributed by atoms with E-state index in [1.807, 2.05) is 0 Å². The van der Waals surface area contributed by atoms with Crippen LogP contribution in [0.4, 0.5) is 0 Å². The molecule has 16 heteroatoms. The zero-order valence-corrected chi connectivity index (χ0v) is 17.7. The van der Waals surface area contributed by atoms with E-state index in [9.17, 15) is 61.3 Å². The zero-order valence-electron chi connectivity index (χ0n) is 17.7. The fraction of sp³-hybridized carbons (Fsp3) is 1.00. The molecule has 3 aliphatic heterocycles. The van der Waals surface area contributed by atoms with Crippen molar-refractivity contribution in [1.82, 2.24) is 0 Å². The van der Waals surface area contributed by atoms with Gasteiger partial charge >= 0.3 is 0 Å². The van der Waals surface area contributed by atoms with Crippen LogP contribution in [0.15, 0.2) is 0 Å². The van der Waals surface area contributed by atoms with Gasteiger partial charge in [-0.25, -0.2) is 0 Å². The van der Waals surface area contributed by atoms with Crippen LogP contribution in [0, 0.1) is 0 Å². The van der Waals surface area contributed by atoms with Crippen molar-refractivity contribution in [3.63, 3.8) is 0 Å². The van der Waals surface area contributed by atoms with Gasteiger partial charge in [0.1, 0.15) is 79.4 Å². The van der Waals surface area contributed by atoms with Crippen LogP contribution in [0.2, 0.25) is 0 Å². The predicted octanol–water partition coefficient (Wildman–Crippen LogP) is -8.18. The van der Waals surface area contributed by atoms with Gasteiger partial charge < -0.3 is 80.2 Å². The Kier molecular flexibility index (Phi) is 8.85. The highest BCUT2D eigenvalue weighted by Crippen LogP contribution is 2.41. The first-order valence-electron chi connectivity index (χ1n) is 10.6. The maximum Gasteiger partial charge on any atom is 0.229 e. The third-order valence-corrected chi connectivity index (χ3v) is 6.43. The standard InChI is InChI=1S/C18H32O16/c19-1-4-7(22)10(25)12(27)14(31-4)16(30)18(15(29)9(24)6(3-21)33-18)34-17-13(28)11(26)8(23)5(2-20)32-17/h4-17,19-30H,1-3H2/t4-,5-,6-,7-,8-,9-,10+,11+,12-,13-,14+,15+,16?,17?,18?/m1/s1. The third kappa shape index (κ3) is 4.59. The zero-order chi connectivity index (χ0) is 25.5. The molecule has 0 spiro atoms. The fourth-order valence-electron chi connectivity index (χ4n) is 4.34. The first-order valence-corrected chi connectivity index (χ1v) is 10.6. The number of aliphatic hydroxyl groups excluding tert-OH is 12. The summed E-state index contributed by atoms with van der Waals surface area (Å²) in [5.41, 5.74) is 0. The maximum atomic E-state index is 11.1. The van der Waals surface area contributed by atoms with Crippen molar-refractivity contribution in [3.8, 4) is 0 Å². The lowest BCUT2D eigenvalue weighted by Crippen LogP contribution is -2.70. The van der Waals surface area contributed by atoms with Crippen molar-refractivity contribution < 1.29 is 80.2 Å². The van der Waals surface area contributed by atoms with Gasteiger partial charge in [0, 0.05) is 0 Å². The lowest BCUT2D eigenvalue weighted by atomic mass is 9.87. The summed E-state index contributed by atoms with van der Waals surface area (Å²) < 4.78 is 21.3. The molecule has 0 saturated carbocycles. The van der Waals surface area contributed by atoms with Gasteiger partial charge in [0.15, 0.2) is 6.29 Å². The Morgan fingerprint density at radius 1 is 0.618 bits per heavy atom. The van der Waals surface area contributed by atoms with Crippen LogP contribution in [0.1, 0.15) is 0 Å². The predicted molar refractivity (Wildman–Crippen MR) is 101 cm³/mol. The van der Waals surface area contributed by atoms with Gasteiger partial charge in [-0.3, -0.25) is 0 Å². The topological polar surface area (TPSA) is 280 Å². The Morgan fingerprint density at radius 3 is 1.62 bits per heavy atom. The highest BCUT2D eigenvalue weighted by molar-refractivity contribution is 5.07.